The van der Waals surface area contributed by atoms with E-state index in [2.05, 4.69) is 4.98 Å². The molecular weight excluding hydrogens is 248 g/mol. The number of pyridine rings is 1. The summed E-state index contributed by atoms with van der Waals surface area (Å²) in [5.41, 5.74) is 7.90. The van der Waals surface area contributed by atoms with Crippen molar-refractivity contribution in [3.05, 3.63) is 53.7 Å². The van der Waals surface area contributed by atoms with Crippen LogP contribution < -0.4 is 5.73 Å². The first-order chi connectivity index (χ1) is 9.08. The topological polar surface area (TPSA) is 43.3 Å². The van der Waals surface area contributed by atoms with Crippen molar-refractivity contribution in [2.45, 2.75) is 6.92 Å². The zero-order chi connectivity index (χ0) is 13.6. The number of nitrogens with two attached hydrogens (primary N) is 1. The van der Waals surface area contributed by atoms with E-state index in [-0.39, 0.29) is 11.3 Å². The Morgan fingerprint density at radius 2 is 2.00 bits per heavy atom. The highest BCUT2D eigenvalue weighted by Crippen LogP contribution is 2.29. The average Bonchev–Trinajstić information content (AvgIpc) is 2.69. The molecule has 2 N–H and O–H groups in total. The molecule has 0 spiro atoms. The van der Waals surface area contributed by atoms with Gasteiger partial charge in [-0.2, -0.15) is 0 Å². The minimum atomic E-state index is -0.936. The molecule has 96 valence electrons. The van der Waals surface area contributed by atoms with Crippen LogP contribution in [-0.2, 0) is 0 Å². The summed E-state index contributed by atoms with van der Waals surface area (Å²) in [5, 5.41) is 0. The normalized spacial score (nSPS) is 11.1. The minimum Gasteiger partial charge on any atom is -0.383 e. The number of nitrogens with zero attached hydrogens (tertiary/aromatic N) is 2. The number of imidazole rings is 1. The van der Waals surface area contributed by atoms with Crippen LogP contribution in [0.3, 0.4) is 0 Å². The van der Waals surface area contributed by atoms with E-state index in [0.717, 1.165) is 11.6 Å². The number of rotatable bonds is 1. The van der Waals surface area contributed by atoms with E-state index < -0.39 is 11.6 Å². The van der Waals surface area contributed by atoms with Crippen LogP contribution in [0.15, 0.2) is 36.5 Å². The molecule has 0 aliphatic carbocycles. The number of nitrogen functional groups attached to an aromatic ring is 1. The van der Waals surface area contributed by atoms with Gasteiger partial charge in [0.2, 0.25) is 0 Å². The summed E-state index contributed by atoms with van der Waals surface area (Å²) in [6, 6.07) is 7.66. The van der Waals surface area contributed by atoms with E-state index in [1.54, 1.807) is 10.6 Å². The second-order valence-electron chi connectivity index (χ2n) is 4.38. The lowest BCUT2D eigenvalue weighted by Gasteiger charge is -2.01. The second kappa shape index (κ2) is 4.05. The van der Waals surface area contributed by atoms with Gasteiger partial charge in [0.05, 0.1) is 0 Å². The van der Waals surface area contributed by atoms with Gasteiger partial charge in [0.25, 0.3) is 0 Å². The molecule has 0 radical (unpaired) electrons. The Labute approximate surface area is 108 Å². The molecule has 0 aliphatic heterocycles. The van der Waals surface area contributed by atoms with Gasteiger partial charge < -0.3 is 5.73 Å². The predicted molar refractivity (Wildman–Crippen MR) is 69.7 cm³/mol. The van der Waals surface area contributed by atoms with Crippen LogP contribution in [0.1, 0.15) is 5.56 Å². The van der Waals surface area contributed by atoms with Crippen molar-refractivity contribution in [2.24, 2.45) is 0 Å². The quantitative estimate of drug-likeness (QED) is 0.729. The number of benzene rings is 1. The van der Waals surface area contributed by atoms with Crippen molar-refractivity contribution in [3.63, 3.8) is 0 Å². The van der Waals surface area contributed by atoms with Crippen molar-refractivity contribution in [1.82, 2.24) is 9.38 Å². The largest absolute Gasteiger partial charge is 0.383 e. The van der Waals surface area contributed by atoms with Gasteiger partial charge in [-0.05, 0) is 36.8 Å². The Bertz CT molecular complexity index is 778. The summed E-state index contributed by atoms with van der Waals surface area (Å²) < 4.78 is 28.7. The van der Waals surface area contributed by atoms with Crippen LogP contribution >= 0.6 is 0 Å². The summed E-state index contributed by atoms with van der Waals surface area (Å²) in [6.07, 6.45) is 1.76. The van der Waals surface area contributed by atoms with Crippen LogP contribution in [0.2, 0.25) is 0 Å². The summed E-state index contributed by atoms with van der Waals surface area (Å²) in [4.78, 5) is 4.28. The third kappa shape index (κ3) is 1.74. The Balaban J connectivity index is 2.31. The van der Waals surface area contributed by atoms with Crippen molar-refractivity contribution >= 4 is 11.5 Å². The number of halogens is 2. The van der Waals surface area contributed by atoms with Gasteiger partial charge in [0, 0.05) is 11.8 Å². The summed E-state index contributed by atoms with van der Waals surface area (Å²) in [5.74, 6) is -1.56. The lowest BCUT2D eigenvalue weighted by atomic mass is 10.1. The number of anilines is 1. The maximum absolute atomic E-state index is 13.8. The lowest BCUT2D eigenvalue weighted by Crippen LogP contribution is -1.96. The highest BCUT2D eigenvalue weighted by molar-refractivity contribution is 5.75. The Hall–Kier alpha value is -2.43. The molecule has 3 nitrogen and oxygen atoms in total. The zero-order valence-electron chi connectivity index (χ0n) is 10.2. The maximum Gasteiger partial charge on any atom is 0.168 e. The van der Waals surface area contributed by atoms with Crippen LogP contribution in [0.4, 0.5) is 14.6 Å². The summed E-state index contributed by atoms with van der Waals surface area (Å²) in [6.45, 7) is 1.92. The number of hydrogen-bond donors (Lipinski definition) is 1. The van der Waals surface area contributed by atoms with Gasteiger partial charge in [-0.15, -0.1) is 0 Å². The van der Waals surface area contributed by atoms with E-state index in [1.807, 2.05) is 19.1 Å². The van der Waals surface area contributed by atoms with Gasteiger partial charge in [-0.3, -0.25) is 4.40 Å². The third-order valence-electron chi connectivity index (χ3n) is 3.03. The molecule has 1 aromatic carbocycles. The Kier molecular flexibility index (Phi) is 2.48. The molecule has 0 atom stereocenters. The minimum absolute atomic E-state index is 0.0684. The second-order valence-corrected chi connectivity index (χ2v) is 4.38. The van der Waals surface area contributed by atoms with Crippen LogP contribution in [0, 0.1) is 18.6 Å². The van der Waals surface area contributed by atoms with Crippen molar-refractivity contribution in [3.8, 4) is 11.3 Å². The molecule has 0 unspecified atom stereocenters. The fourth-order valence-electron chi connectivity index (χ4n) is 2.05. The summed E-state index contributed by atoms with van der Waals surface area (Å²) in [7, 11) is 0. The molecule has 0 saturated carbocycles. The molecule has 0 amide bonds. The number of aryl methyl sites for hydroxylation is 1. The molecule has 0 bridgehead atoms. The molecule has 2 heterocycles. The molecule has 2 aromatic heterocycles. The average molecular weight is 259 g/mol. The molecule has 19 heavy (non-hydrogen) atoms. The van der Waals surface area contributed by atoms with Crippen LogP contribution in [0.5, 0.6) is 0 Å². The van der Waals surface area contributed by atoms with E-state index in [9.17, 15) is 8.78 Å². The van der Waals surface area contributed by atoms with E-state index in [4.69, 9.17) is 5.73 Å². The van der Waals surface area contributed by atoms with Crippen molar-refractivity contribution in [2.75, 3.05) is 5.73 Å². The van der Waals surface area contributed by atoms with Crippen molar-refractivity contribution < 1.29 is 8.78 Å². The Morgan fingerprint density at radius 3 is 2.79 bits per heavy atom. The first kappa shape index (κ1) is 11.6. The molecule has 5 heteroatoms. The van der Waals surface area contributed by atoms with E-state index >= 15 is 0 Å². The van der Waals surface area contributed by atoms with Gasteiger partial charge in [0.1, 0.15) is 17.2 Å². The molecule has 3 rings (SSSR count). The fourth-order valence-corrected chi connectivity index (χ4v) is 2.05. The van der Waals surface area contributed by atoms with Gasteiger partial charge >= 0.3 is 0 Å². The zero-order valence-corrected chi connectivity index (χ0v) is 10.2. The van der Waals surface area contributed by atoms with E-state index in [1.165, 1.54) is 12.1 Å². The smallest absolute Gasteiger partial charge is 0.168 e. The molecule has 0 fully saturated rings. The highest BCUT2D eigenvalue weighted by atomic mass is 19.2. The summed E-state index contributed by atoms with van der Waals surface area (Å²) >= 11 is 0. The van der Waals surface area contributed by atoms with Crippen LogP contribution in [0.25, 0.3) is 16.9 Å². The van der Waals surface area contributed by atoms with Gasteiger partial charge in [-0.25, -0.2) is 13.8 Å². The fraction of sp³-hybridized carbons (Fsp3) is 0.0714. The van der Waals surface area contributed by atoms with E-state index in [0.29, 0.717) is 11.5 Å². The van der Waals surface area contributed by atoms with Gasteiger partial charge in [-0.1, -0.05) is 6.07 Å². The number of fused-ring (bicyclic) bond motifs is 1. The SMILES string of the molecule is Cc1ccn2c(N)c(-c3cccc(F)c3F)nc2c1. The van der Waals surface area contributed by atoms with Crippen LogP contribution in [-0.4, -0.2) is 9.38 Å². The standard InChI is InChI=1S/C14H11F2N3/c1-8-5-6-19-11(7-8)18-13(14(19)17)9-3-2-4-10(15)12(9)16/h2-7H,17H2,1H3. The highest BCUT2D eigenvalue weighted by Gasteiger charge is 2.17. The monoisotopic (exact) mass is 259 g/mol. The maximum atomic E-state index is 13.8. The van der Waals surface area contributed by atoms with Crippen molar-refractivity contribution in [1.29, 1.82) is 0 Å². The number of hydrogen-bond acceptors (Lipinski definition) is 2. The molecular formula is C14H11F2N3. The Morgan fingerprint density at radius 1 is 1.21 bits per heavy atom. The predicted octanol–water partition coefficient (Wildman–Crippen LogP) is 3.17. The third-order valence-corrected chi connectivity index (χ3v) is 3.03. The molecule has 0 aliphatic rings. The lowest BCUT2D eigenvalue weighted by molar-refractivity contribution is 0.511. The first-order valence-corrected chi connectivity index (χ1v) is 5.76. The van der Waals surface area contributed by atoms with Gasteiger partial charge in [0.15, 0.2) is 11.6 Å². The number of aromatic nitrogens is 2. The molecule has 3 aromatic rings. The molecule has 0 saturated heterocycles. The first-order valence-electron chi connectivity index (χ1n) is 5.76.